The molecule has 0 aliphatic carbocycles. The summed E-state index contributed by atoms with van der Waals surface area (Å²) in [5.74, 6) is 0. The Balaban J connectivity index is 1.80. The first-order valence-electron chi connectivity index (χ1n) is 8.41. The van der Waals surface area contributed by atoms with E-state index in [2.05, 4.69) is 11.9 Å². The Kier molecular flexibility index (Phi) is 5.68. The fourth-order valence-electron chi connectivity index (χ4n) is 2.81. The van der Waals surface area contributed by atoms with Gasteiger partial charge in [0.1, 0.15) is 5.60 Å². The van der Waals surface area contributed by atoms with E-state index in [1.54, 1.807) is 17.4 Å². The Morgan fingerprint density at radius 2 is 2.00 bits per heavy atom. The quantitative estimate of drug-likeness (QED) is 0.835. The molecule has 1 saturated heterocycles. The molecule has 1 aliphatic heterocycles. The zero-order valence-corrected chi connectivity index (χ0v) is 14.7. The second-order valence-corrected chi connectivity index (χ2v) is 7.15. The third-order valence-corrected chi connectivity index (χ3v) is 4.29. The summed E-state index contributed by atoms with van der Waals surface area (Å²) in [5, 5.41) is 0. The van der Waals surface area contributed by atoms with Gasteiger partial charge in [0, 0.05) is 32.0 Å². The number of nitrogens with zero attached hydrogens (tertiary/aromatic N) is 3. The van der Waals surface area contributed by atoms with Crippen molar-refractivity contribution >= 4 is 6.09 Å². The maximum atomic E-state index is 12.1. The Labute approximate surface area is 138 Å². The molecule has 23 heavy (non-hydrogen) atoms. The lowest BCUT2D eigenvalue weighted by atomic mass is 9.88. The molecule has 1 fully saturated rings. The van der Waals surface area contributed by atoms with E-state index >= 15 is 0 Å². The van der Waals surface area contributed by atoms with Gasteiger partial charge in [-0.3, -0.25) is 0 Å². The van der Waals surface area contributed by atoms with Gasteiger partial charge in [-0.25, -0.2) is 9.78 Å². The molecule has 0 atom stereocenters. The smallest absolute Gasteiger partial charge is 0.410 e. The molecule has 1 aliphatic rings. The Hall–Kier alpha value is -1.56. The fourth-order valence-corrected chi connectivity index (χ4v) is 2.81. The number of piperidine rings is 1. The normalized spacial score (nSPS) is 18.0. The van der Waals surface area contributed by atoms with Crippen molar-refractivity contribution in [1.82, 2.24) is 14.5 Å². The molecule has 2 rings (SSSR count). The summed E-state index contributed by atoms with van der Waals surface area (Å²) < 4.78 is 13.7. The summed E-state index contributed by atoms with van der Waals surface area (Å²) in [7, 11) is 0. The van der Waals surface area contributed by atoms with Crippen molar-refractivity contribution in [1.29, 1.82) is 0 Å². The van der Waals surface area contributed by atoms with Crippen LogP contribution in [-0.4, -0.2) is 51.4 Å². The van der Waals surface area contributed by atoms with Gasteiger partial charge in [-0.2, -0.15) is 0 Å². The van der Waals surface area contributed by atoms with E-state index in [0.29, 0.717) is 19.7 Å². The van der Waals surface area contributed by atoms with Gasteiger partial charge in [0.25, 0.3) is 0 Å². The van der Waals surface area contributed by atoms with E-state index in [4.69, 9.17) is 9.47 Å². The molecule has 0 radical (unpaired) electrons. The third-order valence-electron chi connectivity index (χ3n) is 4.29. The molecule has 0 spiro atoms. The predicted octanol–water partition coefficient (Wildman–Crippen LogP) is 3.08. The number of hydrogen-bond donors (Lipinski definition) is 0. The molecule has 2 heterocycles. The van der Waals surface area contributed by atoms with Crippen LogP contribution in [0.15, 0.2) is 18.7 Å². The van der Waals surface area contributed by atoms with E-state index in [1.165, 1.54) is 0 Å². The highest BCUT2D eigenvalue weighted by atomic mass is 16.6. The Morgan fingerprint density at radius 3 is 2.52 bits per heavy atom. The van der Waals surface area contributed by atoms with Crippen LogP contribution in [0.5, 0.6) is 0 Å². The molecule has 6 heteroatoms. The molecule has 0 unspecified atom stereocenters. The van der Waals surface area contributed by atoms with Crippen molar-refractivity contribution in [3.8, 4) is 0 Å². The number of amides is 1. The zero-order valence-electron chi connectivity index (χ0n) is 14.7. The van der Waals surface area contributed by atoms with Crippen molar-refractivity contribution in [2.45, 2.75) is 64.7 Å². The number of hydrogen-bond acceptors (Lipinski definition) is 4. The van der Waals surface area contributed by atoms with Gasteiger partial charge in [0.2, 0.25) is 0 Å². The topological polar surface area (TPSA) is 56.6 Å². The SMILES string of the molecule is CCC1(OCCn2ccnc2)CCN(C(=O)OC(C)(C)C)CC1. The maximum absolute atomic E-state index is 12.1. The van der Waals surface area contributed by atoms with Crippen LogP contribution in [0.25, 0.3) is 0 Å². The predicted molar refractivity (Wildman–Crippen MR) is 88.2 cm³/mol. The van der Waals surface area contributed by atoms with Gasteiger partial charge >= 0.3 is 6.09 Å². The van der Waals surface area contributed by atoms with Gasteiger partial charge in [-0.05, 0) is 40.0 Å². The Morgan fingerprint density at radius 1 is 1.30 bits per heavy atom. The van der Waals surface area contributed by atoms with Crippen LogP contribution < -0.4 is 0 Å². The average Bonchev–Trinajstić information content (AvgIpc) is 2.99. The minimum absolute atomic E-state index is 0.126. The van der Waals surface area contributed by atoms with Gasteiger partial charge in [0.15, 0.2) is 0 Å². The number of imidazole rings is 1. The molecule has 0 bridgehead atoms. The number of aromatic nitrogens is 2. The summed E-state index contributed by atoms with van der Waals surface area (Å²) in [4.78, 5) is 18.0. The molecule has 0 saturated carbocycles. The summed E-state index contributed by atoms with van der Waals surface area (Å²) in [6.45, 7) is 10.7. The van der Waals surface area contributed by atoms with Crippen molar-refractivity contribution in [2.75, 3.05) is 19.7 Å². The Bertz CT molecular complexity index is 486. The summed E-state index contributed by atoms with van der Waals surface area (Å²) in [6.07, 6.45) is 7.95. The van der Waals surface area contributed by atoms with Crippen LogP contribution >= 0.6 is 0 Å². The first-order valence-corrected chi connectivity index (χ1v) is 8.41. The van der Waals surface area contributed by atoms with Crippen LogP contribution in [-0.2, 0) is 16.0 Å². The molecular formula is C17H29N3O3. The van der Waals surface area contributed by atoms with Crippen LogP contribution in [0.3, 0.4) is 0 Å². The van der Waals surface area contributed by atoms with Gasteiger partial charge < -0.3 is 18.9 Å². The second kappa shape index (κ2) is 7.34. The molecule has 1 aromatic heterocycles. The van der Waals surface area contributed by atoms with Crippen LogP contribution in [0, 0.1) is 0 Å². The van der Waals surface area contributed by atoms with Crippen molar-refractivity contribution in [2.24, 2.45) is 0 Å². The molecule has 0 aromatic carbocycles. The van der Waals surface area contributed by atoms with Gasteiger partial charge in [-0.1, -0.05) is 6.92 Å². The summed E-state index contributed by atoms with van der Waals surface area (Å²) in [6, 6.07) is 0. The first-order chi connectivity index (χ1) is 10.8. The summed E-state index contributed by atoms with van der Waals surface area (Å²) >= 11 is 0. The van der Waals surface area contributed by atoms with Crippen molar-refractivity contribution in [3.63, 3.8) is 0 Å². The maximum Gasteiger partial charge on any atom is 0.410 e. The number of likely N-dealkylation sites (tertiary alicyclic amines) is 1. The highest BCUT2D eigenvalue weighted by Gasteiger charge is 2.36. The largest absolute Gasteiger partial charge is 0.444 e. The second-order valence-electron chi connectivity index (χ2n) is 7.15. The lowest BCUT2D eigenvalue weighted by Gasteiger charge is -2.41. The molecule has 6 nitrogen and oxygen atoms in total. The van der Waals surface area contributed by atoms with E-state index in [1.807, 2.05) is 31.5 Å². The molecule has 1 amide bonds. The minimum Gasteiger partial charge on any atom is -0.444 e. The monoisotopic (exact) mass is 323 g/mol. The van der Waals surface area contributed by atoms with Gasteiger partial charge in [0.05, 0.1) is 18.5 Å². The zero-order chi connectivity index (χ0) is 16.9. The van der Waals surface area contributed by atoms with Crippen molar-refractivity contribution < 1.29 is 14.3 Å². The standard InChI is InChI=1S/C17H29N3O3/c1-5-17(22-13-12-19-11-8-18-14-19)6-9-20(10-7-17)15(21)23-16(2,3)4/h8,11,14H,5-7,9-10,12-13H2,1-4H3. The number of ether oxygens (including phenoxy) is 2. The minimum atomic E-state index is -0.447. The lowest BCUT2D eigenvalue weighted by Crippen LogP contribution is -2.49. The van der Waals surface area contributed by atoms with E-state index in [0.717, 1.165) is 25.8 Å². The van der Waals surface area contributed by atoms with Crippen molar-refractivity contribution in [3.05, 3.63) is 18.7 Å². The fraction of sp³-hybridized carbons (Fsp3) is 0.765. The van der Waals surface area contributed by atoms with E-state index in [9.17, 15) is 4.79 Å². The summed E-state index contributed by atoms with van der Waals surface area (Å²) in [5.41, 5.74) is -0.573. The van der Waals surface area contributed by atoms with Crippen LogP contribution in [0.2, 0.25) is 0 Å². The third kappa shape index (κ3) is 5.23. The molecular weight excluding hydrogens is 294 g/mol. The van der Waals surface area contributed by atoms with Gasteiger partial charge in [-0.15, -0.1) is 0 Å². The van der Waals surface area contributed by atoms with Crippen LogP contribution in [0.4, 0.5) is 4.79 Å². The highest BCUT2D eigenvalue weighted by Crippen LogP contribution is 2.30. The highest BCUT2D eigenvalue weighted by molar-refractivity contribution is 5.68. The van der Waals surface area contributed by atoms with E-state index < -0.39 is 5.60 Å². The number of carbonyl (C=O) groups is 1. The molecule has 0 N–H and O–H groups in total. The first kappa shape index (κ1) is 17.8. The molecule has 130 valence electrons. The van der Waals surface area contributed by atoms with E-state index in [-0.39, 0.29) is 11.7 Å². The number of carbonyl (C=O) groups excluding carboxylic acids is 1. The molecule has 1 aromatic rings. The number of rotatable bonds is 5. The average molecular weight is 323 g/mol. The lowest BCUT2D eigenvalue weighted by molar-refractivity contribution is -0.0888. The van der Waals surface area contributed by atoms with Crippen LogP contribution in [0.1, 0.15) is 47.0 Å².